The van der Waals surface area contributed by atoms with Crippen molar-refractivity contribution in [2.24, 2.45) is 10.9 Å². The second-order valence-electron chi connectivity index (χ2n) is 6.67. The molecule has 3 nitrogen and oxygen atoms in total. The van der Waals surface area contributed by atoms with Crippen molar-refractivity contribution in [3.63, 3.8) is 0 Å². The number of rotatable bonds is 6. The third-order valence-electron chi connectivity index (χ3n) is 4.44. The smallest absolute Gasteiger partial charge is 0.0551 e. The fraction of sp³-hybridized carbons (Fsp3) is 0.500. The maximum absolute atomic E-state index is 6.09. The number of pyridine rings is 1. The van der Waals surface area contributed by atoms with Crippen LogP contribution in [0.1, 0.15) is 36.7 Å². The molecule has 0 bridgehead atoms. The number of nitrogens with zero attached hydrogens (tertiary/aromatic N) is 3. The van der Waals surface area contributed by atoms with E-state index in [1.165, 1.54) is 18.4 Å². The first-order valence-electron chi connectivity index (χ1n) is 8.65. The lowest BCUT2D eigenvalue weighted by atomic mass is 9.91. The van der Waals surface area contributed by atoms with E-state index in [1.807, 2.05) is 19.1 Å². The molecular formula is C20H28ClN3. The number of allylic oxidation sites excluding steroid dienone is 3. The standard InChI is InChI=1S/C20H28ClN3/c1-5-19(21)12-20(22-4)14-24-8-6-7-17(13-24)11-18-9-15(2)23-16(3)10-18/h5,9-10,12,17H,4,6-8,11,13-14H2,1-3H3/b19-5+,20-12-/t17-/m1/s1. The number of hydrogen-bond donors (Lipinski definition) is 0. The van der Waals surface area contributed by atoms with Crippen molar-refractivity contribution < 1.29 is 0 Å². The van der Waals surface area contributed by atoms with Crippen molar-refractivity contribution in [1.82, 2.24) is 9.88 Å². The normalized spacial score (nSPS) is 20.2. The first-order chi connectivity index (χ1) is 11.5. The van der Waals surface area contributed by atoms with Crippen molar-refractivity contribution in [2.45, 2.75) is 40.0 Å². The topological polar surface area (TPSA) is 28.5 Å². The largest absolute Gasteiger partial charge is 0.297 e. The molecule has 0 spiro atoms. The predicted molar refractivity (Wildman–Crippen MR) is 104 cm³/mol. The summed E-state index contributed by atoms with van der Waals surface area (Å²) in [6.45, 7) is 12.8. The lowest BCUT2D eigenvalue weighted by Crippen LogP contribution is -2.37. The third kappa shape index (κ3) is 5.88. The van der Waals surface area contributed by atoms with E-state index in [4.69, 9.17) is 11.6 Å². The maximum atomic E-state index is 6.09. The predicted octanol–water partition coefficient (Wildman–Crippen LogP) is 4.68. The van der Waals surface area contributed by atoms with Gasteiger partial charge in [-0.15, -0.1) is 0 Å². The molecule has 0 aromatic carbocycles. The van der Waals surface area contributed by atoms with Crippen molar-refractivity contribution in [3.05, 3.63) is 52.0 Å². The fourth-order valence-corrected chi connectivity index (χ4v) is 3.57. The van der Waals surface area contributed by atoms with Gasteiger partial charge in [0, 0.05) is 29.5 Å². The maximum Gasteiger partial charge on any atom is 0.0551 e. The van der Waals surface area contributed by atoms with Crippen molar-refractivity contribution in [3.8, 4) is 0 Å². The highest BCUT2D eigenvalue weighted by atomic mass is 35.5. The number of aryl methyl sites for hydroxylation is 2. The van der Waals surface area contributed by atoms with Gasteiger partial charge in [-0.1, -0.05) is 17.7 Å². The fourth-order valence-electron chi connectivity index (χ4n) is 3.45. The van der Waals surface area contributed by atoms with E-state index in [0.717, 1.165) is 43.1 Å². The highest BCUT2D eigenvalue weighted by Crippen LogP contribution is 2.22. The van der Waals surface area contributed by atoms with E-state index in [2.05, 4.69) is 47.6 Å². The highest BCUT2D eigenvalue weighted by molar-refractivity contribution is 6.31. The molecule has 2 rings (SSSR count). The number of halogens is 1. The molecule has 130 valence electrons. The first-order valence-corrected chi connectivity index (χ1v) is 9.03. The molecule has 0 N–H and O–H groups in total. The van der Waals surface area contributed by atoms with Gasteiger partial charge < -0.3 is 0 Å². The lowest BCUT2D eigenvalue weighted by Gasteiger charge is -2.33. The summed E-state index contributed by atoms with van der Waals surface area (Å²) < 4.78 is 0. The zero-order chi connectivity index (χ0) is 17.5. The van der Waals surface area contributed by atoms with Gasteiger partial charge >= 0.3 is 0 Å². The van der Waals surface area contributed by atoms with Crippen LogP contribution in [0.15, 0.2) is 40.0 Å². The SMILES string of the molecule is C=N/C(=C\C(Cl)=C/C)CN1CCC[C@H](Cc2cc(C)nc(C)c2)C1. The minimum atomic E-state index is 0.684. The van der Waals surface area contributed by atoms with Crippen LogP contribution in [0.2, 0.25) is 0 Å². The van der Waals surface area contributed by atoms with Gasteiger partial charge in [0.25, 0.3) is 0 Å². The lowest BCUT2D eigenvalue weighted by molar-refractivity contribution is 0.186. The molecule has 1 aliphatic rings. The Morgan fingerprint density at radius 2 is 2.12 bits per heavy atom. The van der Waals surface area contributed by atoms with Gasteiger partial charge in [-0.2, -0.15) is 0 Å². The van der Waals surface area contributed by atoms with Gasteiger partial charge in [-0.05, 0) is 83.0 Å². The van der Waals surface area contributed by atoms with Crippen molar-refractivity contribution in [1.29, 1.82) is 0 Å². The van der Waals surface area contributed by atoms with E-state index in [1.54, 1.807) is 0 Å². The van der Waals surface area contributed by atoms with Crippen molar-refractivity contribution in [2.75, 3.05) is 19.6 Å². The molecule has 1 aliphatic heterocycles. The average Bonchev–Trinajstić information content (AvgIpc) is 2.53. The molecule has 1 saturated heterocycles. The Bertz CT molecular complexity index is 614. The minimum Gasteiger partial charge on any atom is -0.297 e. The third-order valence-corrected chi connectivity index (χ3v) is 4.77. The summed E-state index contributed by atoms with van der Waals surface area (Å²) in [6, 6.07) is 4.43. The van der Waals surface area contributed by atoms with Crippen LogP contribution in [0, 0.1) is 19.8 Å². The van der Waals surface area contributed by atoms with E-state index >= 15 is 0 Å². The van der Waals surface area contributed by atoms with Crippen LogP contribution in [-0.2, 0) is 6.42 Å². The Hall–Kier alpha value is -1.45. The zero-order valence-electron chi connectivity index (χ0n) is 15.1. The number of hydrogen-bond acceptors (Lipinski definition) is 3. The van der Waals surface area contributed by atoms with Crippen LogP contribution in [-0.4, -0.2) is 36.2 Å². The highest BCUT2D eigenvalue weighted by Gasteiger charge is 2.21. The molecule has 24 heavy (non-hydrogen) atoms. The van der Waals surface area contributed by atoms with Crippen LogP contribution in [0.5, 0.6) is 0 Å². The quantitative estimate of drug-likeness (QED) is 0.553. The molecule has 1 fully saturated rings. The number of aliphatic imine (C=N–C) groups is 1. The minimum absolute atomic E-state index is 0.684. The van der Waals surface area contributed by atoms with Gasteiger partial charge in [0.15, 0.2) is 0 Å². The van der Waals surface area contributed by atoms with Crippen molar-refractivity contribution >= 4 is 18.3 Å². The number of piperidine rings is 1. The molecule has 0 saturated carbocycles. The summed E-state index contributed by atoms with van der Waals surface area (Å²) in [5, 5.41) is 0.716. The Morgan fingerprint density at radius 3 is 2.75 bits per heavy atom. The van der Waals surface area contributed by atoms with Crippen LogP contribution in [0.3, 0.4) is 0 Å². The summed E-state index contributed by atoms with van der Waals surface area (Å²) in [6.07, 6.45) is 7.42. The molecule has 0 radical (unpaired) electrons. The summed E-state index contributed by atoms with van der Waals surface area (Å²) >= 11 is 6.09. The Kier molecular flexibility index (Phi) is 7.19. The molecule has 0 aliphatic carbocycles. The van der Waals surface area contributed by atoms with Gasteiger partial charge in [0.1, 0.15) is 0 Å². The van der Waals surface area contributed by atoms with Crippen LogP contribution >= 0.6 is 11.6 Å². The average molecular weight is 346 g/mol. The van der Waals surface area contributed by atoms with Crippen LogP contribution in [0.25, 0.3) is 0 Å². The molecule has 1 aromatic rings. The molecule has 1 atom stereocenters. The summed E-state index contributed by atoms with van der Waals surface area (Å²) in [5.41, 5.74) is 4.57. The summed E-state index contributed by atoms with van der Waals surface area (Å²) in [7, 11) is 0. The Balaban J connectivity index is 1.98. The molecule has 0 unspecified atom stereocenters. The van der Waals surface area contributed by atoms with Gasteiger partial charge in [0.05, 0.1) is 5.70 Å². The number of aromatic nitrogens is 1. The van der Waals surface area contributed by atoms with Crippen LogP contribution < -0.4 is 0 Å². The zero-order valence-corrected chi connectivity index (χ0v) is 15.8. The Labute approximate surface area is 151 Å². The van der Waals surface area contributed by atoms with Gasteiger partial charge in [-0.25, -0.2) is 0 Å². The molecule has 2 heterocycles. The van der Waals surface area contributed by atoms with Crippen LogP contribution in [0.4, 0.5) is 0 Å². The summed E-state index contributed by atoms with van der Waals surface area (Å²) in [5.74, 6) is 0.684. The second-order valence-corrected chi connectivity index (χ2v) is 7.11. The monoisotopic (exact) mass is 345 g/mol. The number of likely N-dealkylation sites (tertiary alicyclic amines) is 1. The van der Waals surface area contributed by atoms with Gasteiger partial charge in [-0.3, -0.25) is 14.9 Å². The summed E-state index contributed by atoms with van der Waals surface area (Å²) in [4.78, 5) is 11.1. The van der Waals surface area contributed by atoms with Gasteiger partial charge in [0.2, 0.25) is 0 Å². The molecule has 0 amide bonds. The van der Waals surface area contributed by atoms with E-state index in [0.29, 0.717) is 11.0 Å². The molecular weight excluding hydrogens is 318 g/mol. The Morgan fingerprint density at radius 1 is 1.42 bits per heavy atom. The molecule has 1 aromatic heterocycles. The second kappa shape index (κ2) is 9.14. The van der Waals surface area contributed by atoms with E-state index in [9.17, 15) is 0 Å². The van der Waals surface area contributed by atoms with E-state index < -0.39 is 0 Å². The van der Waals surface area contributed by atoms with E-state index in [-0.39, 0.29) is 0 Å². The molecule has 4 heteroatoms. The first kappa shape index (κ1) is 18.9.